The minimum Gasteiger partial charge on any atom is -0.336 e. The average Bonchev–Trinajstić information content (AvgIpc) is 3.72. The quantitative estimate of drug-likeness (QED) is 0.208. The number of benzene rings is 2. The van der Waals surface area contributed by atoms with Gasteiger partial charge in [0.1, 0.15) is 5.69 Å². The van der Waals surface area contributed by atoms with Gasteiger partial charge in [0, 0.05) is 47.3 Å². The molecule has 2 N–H and O–H groups in total. The van der Waals surface area contributed by atoms with E-state index in [4.69, 9.17) is 10.1 Å². The van der Waals surface area contributed by atoms with Crippen LogP contribution < -0.4 is 10.6 Å². The first-order chi connectivity index (χ1) is 22.0. The van der Waals surface area contributed by atoms with Gasteiger partial charge in [0.25, 0.3) is 5.91 Å². The fourth-order valence-corrected chi connectivity index (χ4v) is 6.30. The number of carbonyl (C=O) groups is 2. The summed E-state index contributed by atoms with van der Waals surface area (Å²) in [5.74, 6) is -0.179. The molecule has 0 bridgehead atoms. The number of rotatable bonds is 8. The van der Waals surface area contributed by atoms with Crippen molar-refractivity contribution in [3.05, 3.63) is 113 Å². The molecular weight excluding hydrogens is 589 g/mol. The number of carbonyl (C=O) groups excluding carboxylic acids is 2. The molecule has 0 atom stereocenters. The van der Waals surface area contributed by atoms with E-state index in [1.54, 1.807) is 22.4 Å². The summed E-state index contributed by atoms with van der Waals surface area (Å²) in [5.41, 5.74) is 7.48. The number of nitrogens with zero attached hydrogens (tertiary/aromatic N) is 5. The van der Waals surface area contributed by atoms with Crippen molar-refractivity contribution in [3.63, 3.8) is 0 Å². The second-order valence-electron chi connectivity index (χ2n) is 10.7. The first-order valence-electron chi connectivity index (χ1n) is 14.5. The highest BCUT2D eigenvalue weighted by Gasteiger charge is 2.22. The van der Waals surface area contributed by atoms with Crippen LogP contribution in [-0.4, -0.2) is 49.5 Å². The van der Waals surface area contributed by atoms with Gasteiger partial charge in [-0.3, -0.25) is 9.59 Å². The van der Waals surface area contributed by atoms with E-state index in [0.717, 1.165) is 38.3 Å². The summed E-state index contributed by atoms with van der Waals surface area (Å²) >= 11 is 1.56. The van der Waals surface area contributed by atoms with Crippen LogP contribution in [0.4, 0.5) is 21.7 Å². The third-order valence-electron chi connectivity index (χ3n) is 7.73. The van der Waals surface area contributed by atoms with Gasteiger partial charge in [-0.25, -0.2) is 18.9 Å². The van der Waals surface area contributed by atoms with Gasteiger partial charge < -0.3 is 15.5 Å². The molecule has 1 aliphatic heterocycles. The van der Waals surface area contributed by atoms with Crippen molar-refractivity contribution in [3.8, 4) is 22.5 Å². The Labute approximate surface area is 262 Å². The molecule has 0 aliphatic carbocycles. The van der Waals surface area contributed by atoms with Crippen molar-refractivity contribution in [1.29, 1.82) is 0 Å². The SMILES string of the molecule is O=C(Cc1cccs1)Nc1cccc(-c2nn3ccccc3c2-c2ccnc(Nc3ccc4c(c3)CN(C(=O)CF)CC4)n2)c1. The Morgan fingerprint density at radius 3 is 2.76 bits per heavy atom. The minimum absolute atomic E-state index is 0.0831. The molecule has 0 saturated heterocycles. The summed E-state index contributed by atoms with van der Waals surface area (Å²) in [6.45, 7) is -0.109. The van der Waals surface area contributed by atoms with Gasteiger partial charge in [0.2, 0.25) is 11.9 Å². The molecule has 5 heterocycles. The van der Waals surface area contributed by atoms with Gasteiger partial charge in [0.05, 0.1) is 23.2 Å². The summed E-state index contributed by atoms with van der Waals surface area (Å²) in [5, 5.41) is 13.2. The standard InChI is InChI=1S/C34H28FN7O2S/c35-20-31(44)41-15-12-22-9-10-26(18-24(22)21-41)38-34-36-13-11-28(39-34)32-29-8-1-2-14-42(29)40-33(32)23-5-3-6-25(17-23)37-30(43)19-27-7-4-16-45-27/h1-11,13-14,16-18H,12,15,19-21H2,(H,37,43)(H,36,38,39). The number of hydrogen-bond donors (Lipinski definition) is 2. The third-order valence-corrected chi connectivity index (χ3v) is 8.60. The number of aromatic nitrogens is 4. The van der Waals surface area contributed by atoms with Gasteiger partial charge in [-0.1, -0.05) is 30.3 Å². The summed E-state index contributed by atoms with van der Waals surface area (Å²) in [6.07, 6.45) is 4.59. The van der Waals surface area contributed by atoms with Crippen molar-refractivity contribution in [2.24, 2.45) is 0 Å². The monoisotopic (exact) mass is 617 g/mol. The van der Waals surface area contributed by atoms with Crippen LogP contribution in [0.15, 0.2) is 96.6 Å². The zero-order valence-corrected chi connectivity index (χ0v) is 24.9. The normalized spacial score (nSPS) is 12.6. The predicted molar refractivity (Wildman–Crippen MR) is 173 cm³/mol. The molecule has 0 radical (unpaired) electrons. The van der Waals surface area contributed by atoms with Gasteiger partial charge >= 0.3 is 0 Å². The predicted octanol–water partition coefficient (Wildman–Crippen LogP) is 6.30. The average molecular weight is 618 g/mol. The van der Waals surface area contributed by atoms with E-state index < -0.39 is 12.6 Å². The number of thiophene rings is 1. The molecule has 0 fully saturated rings. The van der Waals surface area contributed by atoms with Gasteiger partial charge in [-0.05, 0) is 71.5 Å². The maximum absolute atomic E-state index is 13.0. The zero-order valence-electron chi connectivity index (χ0n) is 24.1. The smallest absolute Gasteiger partial charge is 0.254 e. The Morgan fingerprint density at radius 1 is 0.956 bits per heavy atom. The van der Waals surface area contributed by atoms with Crippen LogP contribution >= 0.6 is 11.3 Å². The summed E-state index contributed by atoms with van der Waals surface area (Å²) in [6, 6.07) is 25.2. The number of amides is 2. The molecule has 2 aromatic carbocycles. The van der Waals surface area contributed by atoms with Crippen molar-refractivity contribution >= 4 is 46.0 Å². The molecule has 0 unspecified atom stereocenters. The summed E-state index contributed by atoms with van der Waals surface area (Å²) < 4.78 is 14.8. The summed E-state index contributed by atoms with van der Waals surface area (Å²) in [4.78, 5) is 36.5. The lowest BCUT2D eigenvalue weighted by Gasteiger charge is -2.28. The number of anilines is 3. The highest BCUT2D eigenvalue weighted by molar-refractivity contribution is 7.10. The second-order valence-corrected chi connectivity index (χ2v) is 11.7. The van der Waals surface area contributed by atoms with Crippen LogP contribution in [0.1, 0.15) is 16.0 Å². The highest BCUT2D eigenvalue weighted by atomic mass is 32.1. The lowest BCUT2D eigenvalue weighted by molar-refractivity contribution is -0.133. The van der Waals surface area contributed by atoms with E-state index in [1.165, 1.54) is 0 Å². The number of halogens is 1. The van der Waals surface area contributed by atoms with Crippen molar-refractivity contribution in [1.82, 2.24) is 24.5 Å². The lowest BCUT2D eigenvalue weighted by atomic mass is 9.99. The fraction of sp³-hybridized carbons (Fsp3) is 0.147. The molecule has 1 aliphatic rings. The zero-order chi connectivity index (χ0) is 30.8. The van der Waals surface area contributed by atoms with Crippen molar-refractivity contribution in [2.75, 3.05) is 23.9 Å². The Balaban J connectivity index is 1.19. The third kappa shape index (κ3) is 6.02. The van der Waals surface area contributed by atoms with Gasteiger partial charge in [0.15, 0.2) is 6.67 Å². The highest BCUT2D eigenvalue weighted by Crippen LogP contribution is 2.35. The topological polar surface area (TPSA) is 105 Å². The van der Waals surface area contributed by atoms with Crippen LogP contribution in [0.25, 0.3) is 28.0 Å². The van der Waals surface area contributed by atoms with E-state index in [9.17, 15) is 14.0 Å². The van der Waals surface area contributed by atoms with E-state index in [-0.39, 0.29) is 5.91 Å². The van der Waals surface area contributed by atoms with Crippen molar-refractivity contribution < 1.29 is 14.0 Å². The number of fused-ring (bicyclic) bond motifs is 2. The maximum atomic E-state index is 13.0. The number of nitrogens with one attached hydrogen (secondary N) is 2. The number of alkyl halides is 1. The van der Waals surface area contributed by atoms with Crippen LogP contribution in [0.5, 0.6) is 0 Å². The number of pyridine rings is 1. The van der Waals surface area contributed by atoms with Crippen molar-refractivity contribution in [2.45, 2.75) is 19.4 Å². The molecule has 224 valence electrons. The molecule has 11 heteroatoms. The second kappa shape index (κ2) is 12.3. The van der Waals surface area contributed by atoms with E-state index in [0.29, 0.717) is 49.0 Å². The van der Waals surface area contributed by atoms with Crippen LogP contribution in [0.2, 0.25) is 0 Å². The van der Waals surface area contributed by atoms with Gasteiger partial charge in [-0.2, -0.15) is 5.10 Å². The molecule has 9 nitrogen and oxygen atoms in total. The molecule has 2 amide bonds. The Bertz CT molecular complexity index is 2020. The largest absolute Gasteiger partial charge is 0.336 e. The van der Waals surface area contributed by atoms with E-state index in [1.807, 2.05) is 95.0 Å². The lowest BCUT2D eigenvalue weighted by Crippen LogP contribution is -2.36. The maximum Gasteiger partial charge on any atom is 0.254 e. The first-order valence-corrected chi connectivity index (χ1v) is 15.4. The van der Waals surface area contributed by atoms with E-state index in [2.05, 4.69) is 15.6 Å². The minimum atomic E-state index is -0.992. The Kier molecular flexibility index (Phi) is 7.75. The van der Waals surface area contributed by atoms with E-state index >= 15 is 0 Å². The van der Waals surface area contributed by atoms with Crippen LogP contribution in [-0.2, 0) is 29.0 Å². The van der Waals surface area contributed by atoms with Crippen LogP contribution in [0.3, 0.4) is 0 Å². The van der Waals surface area contributed by atoms with Gasteiger partial charge in [-0.15, -0.1) is 11.3 Å². The molecule has 6 aromatic rings. The summed E-state index contributed by atoms with van der Waals surface area (Å²) in [7, 11) is 0. The molecule has 45 heavy (non-hydrogen) atoms. The Hall–Kier alpha value is -5.42. The molecule has 0 saturated carbocycles. The van der Waals surface area contributed by atoms with Crippen LogP contribution in [0, 0.1) is 0 Å². The number of hydrogen-bond acceptors (Lipinski definition) is 7. The molecule has 0 spiro atoms. The fourth-order valence-electron chi connectivity index (χ4n) is 5.59. The Morgan fingerprint density at radius 2 is 1.89 bits per heavy atom. The molecule has 4 aromatic heterocycles. The molecular formula is C34H28FN7O2S. The molecule has 7 rings (SSSR count). The first kappa shape index (κ1) is 28.4.